The molecule has 2 amide bonds. The molecule has 9 heteroatoms. The third-order valence-electron chi connectivity index (χ3n) is 6.90. The number of hydrogen-bond acceptors (Lipinski definition) is 5. The Morgan fingerprint density at radius 3 is 2.44 bits per heavy atom. The summed E-state index contributed by atoms with van der Waals surface area (Å²) in [6.45, 7) is 14.2. The van der Waals surface area contributed by atoms with Crippen LogP contribution in [0.4, 0.5) is 0 Å². The summed E-state index contributed by atoms with van der Waals surface area (Å²) in [5.41, 5.74) is 0.439. The third-order valence-corrected chi connectivity index (χ3v) is 8.08. The molecule has 2 saturated heterocycles. The Balaban J connectivity index is 1.55. The molecular formula is C23H34N5O3S+. The number of piperidine rings is 1. The molecule has 1 N–H and O–H groups in total. The summed E-state index contributed by atoms with van der Waals surface area (Å²) in [5, 5.41) is 0.465. The normalized spacial score (nSPS) is 22.5. The summed E-state index contributed by atoms with van der Waals surface area (Å²) in [5.74, 6) is 0.869. The molecule has 0 aliphatic carbocycles. The van der Waals surface area contributed by atoms with E-state index in [2.05, 4.69) is 25.8 Å². The number of likely N-dealkylation sites (N-methyl/N-ethyl adjacent to an activating group) is 1. The number of nitrogens with one attached hydrogen (secondary N) is 1. The fourth-order valence-corrected chi connectivity index (χ4v) is 6.22. The number of hydrogen-bond donors (Lipinski definition) is 1. The molecule has 4 rings (SSSR count). The molecule has 174 valence electrons. The Hall–Kier alpha value is -2.26. The summed E-state index contributed by atoms with van der Waals surface area (Å²) in [6, 6.07) is 0. The number of aromatic nitrogens is 2. The van der Waals surface area contributed by atoms with Gasteiger partial charge in [-0.25, -0.2) is 4.98 Å². The van der Waals surface area contributed by atoms with Crippen LogP contribution in [0.5, 0.6) is 0 Å². The Bertz CT molecular complexity index is 1060. The average molecular weight is 461 g/mol. The van der Waals surface area contributed by atoms with Gasteiger partial charge in [0.1, 0.15) is 11.4 Å². The third kappa shape index (κ3) is 4.45. The Morgan fingerprint density at radius 2 is 1.81 bits per heavy atom. The summed E-state index contributed by atoms with van der Waals surface area (Å²) in [4.78, 5) is 50.1. The second-order valence-corrected chi connectivity index (χ2v) is 10.6. The van der Waals surface area contributed by atoms with E-state index in [1.165, 1.54) is 27.1 Å². The summed E-state index contributed by atoms with van der Waals surface area (Å²) in [7, 11) is 0. The summed E-state index contributed by atoms with van der Waals surface area (Å²) in [6.07, 6.45) is 2.57. The van der Waals surface area contributed by atoms with Crippen LogP contribution >= 0.6 is 11.3 Å². The number of piperazine rings is 1. The van der Waals surface area contributed by atoms with Crippen LogP contribution in [0.1, 0.15) is 42.4 Å². The lowest BCUT2D eigenvalue weighted by atomic mass is 9.92. The van der Waals surface area contributed by atoms with Crippen molar-refractivity contribution in [2.75, 3.05) is 45.8 Å². The van der Waals surface area contributed by atoms with E-state index in [0.29, 0.717) is 32.5 Å². The lowest BCUT2D eigenvalue weighted by Crippen LogP contribution is -3.14. The van der Waals surface area contributed by atoms with E-state index in [9.17, 15) is 14.4 Å². The number of nitrogens with zero attached hydrogens (tertiary/aromatic N) is 4. The van der Waals surface area contributed by atoms with Gasteiger partial charge in [-0.1, -0.05) is 13.8 Å². The largest absolute Gasteiger partial charge is 0.341 e. The lowest BCUT2D eigenvalue weighted by Gasteiger charge is -2.35. The van der Waals surface area contributed by atoms with Gasteiger partial charge in [0.05, 0.1) is 49.3 Å². The molecule has 0 saturated carbocycles. The van der Waals surface area contributed by atoms with Crippen LogP contribution in [0, 0.1) is 18.8 Å². The summed E-state index contributed by atoms with van der Waals surface area (Å²) >= 11 is 1.28. The van der Waals surface area contributed by atoms with E-state index < -0.39 is 0 Å². The van der Waals surface area contributed by atoms with E-state index in [1.807, 2.05) is 16.7 Å². The Labute approximate surface area is 192 Å². The molecule has 32 heavy (non-hydrogen) atoms. The van der Waals surface area contributed by atoms with Crippen LogP contribution in [0.2, 0.25) is 0 Å². The minimum Gasteiger partial charge on any atom is -0.341 e. The van der Waals surface area contributed by atoms with Gasteiger partial charge in [0.25, 0.3) is 11.5 Å². The monoisotopic (exact) mass is 460 g/mol. The fraction of sp³-hybridized carbons (Fsp3) is 0.652. The van der Waals surface area contributed by atoms with E-state index in [4.69, 9.17) is 0 Å². The molecule has 2 fully saturated rings. The zero-order valence-corrected chi connectivity index (χ0v) is 20.3. The molecule has 0 bridgehead atoms. The predicted molar refractivity (Wildman–Crippen MR) is 125 cm³/mol. The first-order valence-electron chi connectivity index (χ1n) is 11.7. The number of aryl methyl sites for hydroxylation is 1. The first-order chi connectivity index (χ1) is 15.3. The topological polar surface area (TPSA) is 80.0 Å². The van der Waals surface area contributed by atoms with E-state index in [0.717, 1.165) is 52.2 Å². The van der Waals surface area contributed by atoms with Gasteiger partial charge in [-0.3, -0.25) is 19.0 Å². The van der Waals surface area contributed by atoms with Gasteiger partial charge in [0, 0.05) is 13.1 Å². The highest BCUT2D eigenvalue weighted by atomic mass is 32.1. The highest BCUT2D eigenvalue weighted by Gasteiger charge is 2.29. The highest BCUT2D eigenvalue weighted by Crippen LogP contribution is 2.28. The number of likely N-dealkylation sites (tertiary alicyclic amines) is 1. The number of fused-ring (bicyclic) bond motifs is 1. The highest BCUT2D eigenvalue weighted by molar-refractivity contribution is 7.20. The first-order valence-corrected chi connectivity index (χ1v) is 12.5. The molecule has 2 aromatic rings. The van der Waals surface area contributed by atoms with Crippen LogP contribution in [-0.2, 0) is 11.3 Å². The maximum Gasteiger partial charge on any atom is 0.264 e. The number of quaternary nitrogens is 1. The average Bonchev–Trinajstić information content (AvgIpc) is 3.11. The Kier molecular flexibility index (Phi) is 6.67. The minimum atomic E-state index is -0.241. The quantitative estimate of drug-likeness (QED) is 0.726. The molecule has 2 unspecified atom stereocenters. The van der Waals surface area contributed by atoms with Gasteiger partial charge >= 0.3 is 0 Å². The van der Waals surface area contributed by atoms with Crippen molar-refractivity contribution in [1.82, 2.24) is 19.4 Å². The van der Waals surface area contributed by atoms with Crippen LogP contribution in [-0.4, -0.2) is 77.0 Å². The van der Waals surface area contributed by atoms with E-state index >= 15 is 0 Å². The van der Waals surface area contributed by atoms with Crippen LogP contribution < -0.4 is 10.5 Å². The van der Waals surface area contributed by atoms with Crippen molar-refractivity contribution in [3.8, 4) is 0 Å². The van der Waals surface area contributed by atoms with Gasteiger partial charge in [-0.05, 0) is 37.7 Å². The van der Waals surface area contributed by atoms with Crippen LogP contribution in [0.3, 0.4) is 0 Å². The van der Waals surface area contributed by atoms with Crippen molar-refractivity contribution < 1.29 is 14.5 Å². The SMILES string of the molecule is CC[NH+]1CCN(C(=O)c2sc3ncn(CC(=O)N4CC(C)CC(C)C4)c(=O)c3c2C)CC1. The van der Waals surface area contributed by atoms with Gasteiger partial charge in [0.2, 0.25) is 5.91 Å². The lowest BCUT2D eigenvalue weighted by molar-refractivity contribution is -0.902. The molecule has 0 spiro atoms. The Morgan fingerprint density at radius 1 is 1.16 bits per heavy atom. The maximum absolute atomic E-state index is 13.2. The van der Waals surface area contributed by atoms with Crippen molar-refractivity contribution in [3.63, 3.8) is 0 Å². The zero-order valence-electron chi connectivity index (χ0n) is 19.5. The number of carbonyl (C=O) groups excluding carboxylic acids is 2. The molecule has 4 heterocycles. The molecular weight excluding hydrogens is 426 g/mol. The molecule has 2 aromatic heterocycles. The van der Waals surface area contributed by atoms with Gasteiger partial charge in [-0.15, -0.1) is 11.3 Å². The molecule has 2 atom stereocenters. The van der Waals surface area contributed by atoms with Gasteiger partial charge in [-0.2, -0.15) is 0 Å². The number of carbonyl (C=O) groups is 2. The van der Waals surface area contributed by atoms with Crippen LogP contribution in [0.15, 0.2) is 11.1 Å². The van der Waals surface area contributed by atoms with E-state index in [1.54, 1.807) is 0 Å². The van der Waals surface area contributed by atoms with Crippen LogP contribution in [0.25, 0.3) is 10.2 Å². The smallest absolute Gasteiger partial charge is 0.264 e. The minimum absolute atomic E-state index is 0.0124. The van der Waals surface area contributed by atoms with Crippen molar-refractivity contribution >= 4 is 33.4 Å². The van der Waals surface area contributed by atoms with Crippen molar-refractivity contribution in [1.29, 1.82) is 0 Å². The molecule has 0 radical (unpaired) electrons. The van der Waals surface area contributed by atoms with Gasteiger partial charge in [0.15, 0.2) is 0 Å². The zero-order chi connectivity index (χ0) is 23.0. The second-order valence-electron chi connectivity index (χ2n) is 9.55. The molecule has 2 aliphatic rings. The van der Waals surface area contributed by atoms with Crippen molar-refractivity contribution in [2.45, 2.75) is 40.7 Å². The second kappa shape index (κ2) is 9.31. The molecule has 8 nitrogen and oxygen atoms in total. The number of rotatable bonds is 4. The molecule has 2 aliphatic heterocycles. The predicted octanol–water partition coefficient (Wildman–Crippen LogP) is 0.632. The number of thiophene rings is 1. The number of amides is 2. The van der Waals surface area contributed by atoms with E-state index in [-0.39, 0.29) is 23.9 Å². The van der Waals surface area contributed by atoms with Crippen molar-refractivity contribution in [2.24, 2.45) is 11.8 Å². The first kappa shape index (κ1) is 22.9. The fourth-order valence-electron chi connectivity index (χ4n) is 5.11. The van der Waals surface area contributed by atoms with Gasteiger partial charge < -0.3 is 14.7 Å². The standard InChI is InChI=1S/C23H33N5O3S/c1-5-25-6-8-26(9-7-25)23(31)20-17(4)19-21(32-20)24-14-28(22(19)30)13-18(29)27-11-15(2)10-16(3)12-27/h14-16H,5-13H2,1-4H3/p+1. The summed E-state index contributed by atoms with van der Waals surface area (Å²) < 4.78 is 1.39. The molecule has 0 aromatic carbocycles. The maximum atomic E-state index is 13.2. The van der Waals surface area contributed by atoms with Crippen molar-refractivity contribution in [3.05, 3.63) is 27.1 Å².